The highest BCUT2D eigenvalue weighted by Crippen LogP contribution is 1.83. The van der Waals surface area contributed by atoms with Crippen LogP contribution in [0, 0.1) is 0 Å². The molecule has 0 aromatic heterocycles. The second-order valence-electron chi connectivity index (χ2n) is 0.597. The third kappa shape index (κ3) is 4.31. The highest BCUT2D eigenvalue weighted by atomic mass is 35.5. The monoisotopic (exact) mass is 109 g/mol. The molecule has 0 amide bonds. The summed E-state index contributed by atoms with van der Waals surface area (Å²) >= 11 is 8.61. The van der Waals surface area contributed by atoms with Gasteiger partial charge in [-0.15, -0.1) is 0 Å². The van der Waals surface area contributed by atoms with E-state index in [-0.39, 0.29) is 0 Å². The topological polar surface area (TPSA) is 12.4 Å². The number of nitrogens with zero attached hydrogens (tertiary/aromatic N) is 1. The van der Waals surface area contributed by atoms with Crippen molar-refractivity contribution < 1.29 is 0 Å². The maximum atomic E-state index is 5.14. The van der Waals surface area contributed by atoms with Crippen molar-refractivity contribution in [3.8, 4) is 0 Å². The van der Waals surface area contributed by atoms with Gasteiger partial charge in [-0.3, -0.25) is 0 Å². The van der Waals surface area contributed by atoms with Crippen LogP contribution in [0.3, 0.4) is 0 Å². The lowest BCUT2D eigenvalue weighted by molar-refractivity contribution is 1.87. The zero-order valence-corrected chi connectivity index (χ0v) is 4.42. The molecule has 0 unspecified atom stereocenters. The summed E-state index contributed by atoms with van der Waals surface area (Å²) < 4.78 is 3.27. The predicted molar refractivity (Wildman–Crippen MR) is 27.9 cm³/mol. The van der Waals surface area contributed by atoms with Gasteiger partial charge < -0.3 is 0 Å². The van der Waals surface area contributed by atoms with Crippen molar-refractivity contribution in [2.45, 2.75) is 6.92 Å². The minimum atomic E-state index is 0.466. The van der Waals surface area contributed by atoms with E-state index < -0.39 is 0 Å². The average molecular weight is 110 g/mol. The summed E-state index contributed by atoms with van der Waals surface area (Å²) in [4.78, 5) is 0. The summed E-state index contributed by atoms with van der Waals surface area (Å²) in [5.41, 5.74) is 0. The number of halogens is 1. The lowest BCUT2D eigenvalue weighted by Gasteiger charge is -1.68. The molecule has 0 aliphatic rings. The highest BCUT2D eigenvalue weighted by Gasteiger charge is 1.67. The summed E-state index contributed by atoms with van der Waals surface area (Å²) in [6.07, 6.45) is 0. The molecule has 0 aromatic carbocycles. The lowest BCUT2D eigenvalue weighted by atomic mass is 10.9. The molecule has 0 aromatic rings. The summed E-state index contributed by atoms with van der Waals surface area (Å²) in [5.74, 6) is 0. The molecule has 0 saturated carbocycles. The highest BCUT2D eigenvalue weighted by molar-refractivity contribution is 7.79. The fourth-order valence-electron chi connectivity index (χ4n) is 0. The molecule has 0 atom stereocenters. The third-order valence-corrected chi connectivity index (χ3v) is 0.640. The van der Waals surface area contributed by atoms with Gasteiger partial charge in [-0.05, 0) is 19.7 Å². The van der Waals surface area contributed by atoms with Crippen molar-refractivity contribution in [2.24, 2.45) is 4.40 Å². The van der Waals surface area contributed by atoms with Crippen molar-refractivity contribution in [1.82, 2.24) is 0 Å². The van der Waals surface area contributed by atoms with E-state index in [1.54, 1.807) is 6.92 Å². The number of hydrogen-bond donors (Lipinski definition) is 1. The average Bonchev–Trinajstić information content (AvgIpc) is 1.38. The normalized spacial score (nSPS) is 12.2. The maximum absolute atomic E-state index is 5.14. The van der Waals surface area contributed by atoms with Crippen LogP contribution in [0.5, 0.6) is 0 Å². The Balaban J connectivity index is 3.14. The van der Waals surface area contributed by atoms with E-state index >= 15 is 0 Å². The van der Waals surface area contributed by atoms with Crippen LogP contribution < -0.4 is 0 Å². The molecular weight excluding hydrogens is 106 g/mol. The minimum absolute atomic E-state index is 0.466. The van der Waals surface area contributed by atoms with Gasteiger partial charge in [-0.1, -0.05) is 11.6 Å². The Labute approximate surface area is 41.6 Å². The molecule has 1 nitrogen and oxygen atoms in total. The Morgan fingerprint density at radius 3 is 2.20 bits per heavy atom. The van der Waals surface area contributed by atoms with Crippen LogP contribution in [-0.4, -0.2) is 5.17 Å². The third-order valence-electron chi connectivity index (χ3n) is 0.138. The molecule has 0 heterocycles. The van der Waals surface area contributed by atoms with E-state index in [1.807, 2.05) is 0 Å². The quantitative estimate of drug-likeness (QED) is 0.358. The first-order valence-electron chi connectivity index (χ1n) is 1.11. The van der Waals surface area contributed by atoms with Crippen LogP contribution in [-0.2, 0) is 0 Å². The smallest absolute Gasteiger partial charge is 0.111 e. The van der Waals surface area contributed by atoms with Gasteiger partial charge in [0.1, 0.15) is 5.17 Å². The molecule has 0 fully saturated rings. The summed E-state index contributed by atoms with van der Waals surface area (Å²) in [6.45, 7) is 1.66. The Morgan fingerprint density at radius 1 is 2.00 bits per heavy atom. The van der Waals surface area contributed by atoms with E-state index in [9.17, 15) is 0 Å². The summed E-state index contributed by atoms with van der Waals surface area (Å²) in [6, 6.07) is 0. The van der Waals surface area contributed by atoms with Crippen molar-refractivity contribution in [3.05, 3.63) is 0 Å². The number of hydrogen-bond acceptors (Lipinski definition) is 2. The van der Waals surface area contributed by atoms with Gasteiger partial charge >= 0.3 is 0 Å². The van der Waals surface area contributed by atoms with Gasteiger partial charge in [0.15, 0.2) is 0 Å². The van der Waals surface area contributed by atoms with Crippen LogP contribution in [0.15, 0.2) is 4.40 Å². The molecule has 0 N–H and O–H groups in total. The van der Waals surface area contributed by atoms with Gasteiger partial charge in [-0.25, -0.2) is 4.40 Å². The standard InChI is InChI=1S/C2H4ClNS/c1-2(3)4-5/h5H,1H3. The van der Waals surface area contributed by atoms with Crippen LogP contribution in [0.1, 0.15) is 6.92 Å². The zero-order valence-electron chi connectivity index (χ0n) is 2.77. The SMILES string of the molecule is CC(Cl)=NS. The molecule has 0 spiro atoms. The molecule has 5 heavy (non-hydrogen) atoms. The first-order valence-corrected chi connectivity index (χ1v) is 1.89. The largest absolute Gasteiger partial charge is 0.212 e. The second kappa shape index (κ2) is 2.54. The maximum Gasteiger partial charge on any atom is 0.111 e. The van der Waals surface area contributed by atoms with E-state index in [4.69, 9.17) is 11.6 Å². The summed E-state index contributed by atoms with van der Waals surface area (Å²) in [5, 5.41) is 0.466. The predicted octanol–water partition coefficient (Wildman–Crippen LogP) is 1.49. The lowest BCUT2D eigenvalue weighted by Crippen LogP contribution is -1.63. The molecule has 0 radical (unpaired) electrons. The first-order chi connectivity index (χ1) is 2.27. The molecule has 3 heteroatoms. The van der Waals surface area contributed by atoms with Crippen molar-refractivity contribution in [1.29, 1.82) is 0 Å². The van der Waals surface area contributed by atoms with Gasteiger partial charge in [0, 0.05) is 0 Å². The molecule has 0 aliphatic carbocycles. The minimum Gasteiger partial charge on any atom is -0.212 e. The van der Waals surface area contributed by atoms with Crippen molar-refractivity contribution in [3.63, 3.8) is 0 Å². The van der Waals surface area contributed by atoms with E-state index in [0.29, 0.717) is 5.17 Å². The molecule has 0 bridgehead atoms. The molecular formula is C2H4ClNS. The molecule has 30 valence electrons. The van der Waals surface area contributed by atoms with Crippen LogP contribution >= 0.6 is 24.4 Å². The zero-order chi connectivity index (χ0) is 4.28. The Bertz CT molecular complexity index is 47.6. The van der Waals surface area contributed by atoms with Gasteiger partial charge in [0.25, 0.3) is 0 Å². The van der Waals surface area contributed by atoms with E-state index in [0.717, 1.165) is 0 Å². The van der Waals surface area contributed by atoms with Crippen LogP contribution in [0.25, 0.3) is 0 Å². The van der Waals surface area contributed by atoms with Gasteiger partial charge in [0.2, 0.25) is 0 Å². The van der Waals surface area contributed by atoms with E-state index in [1.165, 1.54) is 0 Å². The molecule has 0 saturated heterocycles. The Morgan fingerprint density at radius 2 is 2.20 bits per heavy atom. The number of thiol groups is 1. The van der Waals surface area contributed by atoms with Gasteiger partial charge in [0.05, 0.1) is 0 Å². The fourth-order valence-corrected chi connectivity index (χ4v) is 0. The van der Waals surface area contributed by atoms with Crippen LogP contribution in [0.2, 0.25) is 0 Å². The Kier molecular flexibility index (Phi) is 2.70. The fraction of sp³-hybridized carbons (Fsp3) is 0.500. The van der Waals surface area contributed by atoms with E-state index in [2.05, 4.69) is 17.2 Å². The first kappa shape index (κ1) is 5.31. The van der Waals surface area contributed by atoms with Crippen molar-refractivity contribution in [2.75, 3.05) is 0 Å². The second-order valence-corrected chi connectivity index (χ2v) is 1.34. The molecule has 0 aliphatic heterocycles. The van der Waals surface area contributed by atoms with Crippen LogP contribution in [0.4, 0.5) is 0 Å². The molecule has 0 rings (SSSR count). The Hall–Kier alpha value is 0.310. The summed E-state index contributed by atoms with van der Waals surface area (Å²) in [7, 11) is 0. The van der Waals surface area contributed by atoms with Gasteiger partial charge in [-0.2, -0.15) is 0 Å². The van der Waals surface area contributed by atoms with Crippen molar-refractivity contribution >= 4 is 29.6 Å². The number of rotatable bonds is 0.